The molecule has 4 aromatic rings. The van der Waals surface area contributed by atoms with Crippen molar-refractivity contribution in [1.82, 2.24) is 20.2 Å². The molecule has 2 heterocycles. The Kier molecular flexibility index (Phi) is 6.45. The summed E-state index contributed by atoms with van der Waals surface area (Å²) in [5, 5.41) is 16.5. The molecule has 0 spiro atoms. The highest BCUT2D eigenvalue weighted by atomic mass is 32.1. The first-order valence-electron chi connectivity index (χ1n) is 10.1. The van der Waals surface area contributed by atoms with E-state index >= 15 is 0 Å². The van der Waals surface area contributed by atoms with Gasteiger partial charge < -0.3 is 14.8 Å². The number of esters is 1. The highest BCUT2D eigenvalue weighted by Gasteiger charge is 2.23. The third kappa shape index (κ3) is 4.60. The number of ether oxygens (including phenoxy) is 2. The van der Waals surface area contributed by atoms with Gasteiger partial charge in [-0.2, -0.15) is 0 Å². The first-order valence-corrected chi connectivity index (χ1v) is 11.0. The number of nitrogens with zero attached hydrogens (tertiary/aromatic N) is 4. The van der Waals surface area contributed by atoms with Gasteiger partial charge in [0.25, 0.3) is 5.91 Å². The van der Waals surface area contributed by atoms with Crippen LogP contribution < -0.4 is 10.1 Å². The fourth-order valence-corrected chi connectivity index (χ4v) is 4.24. The van der Waals surface area contributed by atoms with Crippen molar-refractivity contribution in [3.05, 3.63) is 65.0 Å². The van der Waals surface area contributed by atoms with Gasteiger partial charge in [0.2, 0.25) is 0 Å². The van der Waals surface area contributed by atoms with Gasteiger partial charge in [-0.15, -0.1) is 16.4 Å². The Morgan fingerprint density at radius 2 is 1.91 bits per heavy atom. The molecule has 0 aliphatic carbocycles. The second-order valence-electron chi connectivity index (χ2n) is 6.96. The lowest BCUT2D eigenvalue weighted by Crippen LogP contribution is -2.15. The lowest BCUT2D eigenvalue weighted by molar-refractivity contribution is 0.0529. The van der Waals surface area contributed by atoms with Crippen molar-refractivity contribution in [3.63, 3.8) is 0 Å². The molecule has 2 aromatic carbocycles. The molecule has 1 N–H and O–H groups in total. The van der Waals surface area contributed by atoms with Gasteiger partial charge in [0.05, 0.1) is 13.7 Å². The Morgan fingerprint density at radius 3 is 2.58 bits per heavy atom. The Balaban J connectivity index is 1.66. The van der Waals surface area contributed by atoms with Crippen LogP contribution in [0.25, 0.3) is 22.5 Å². The molecule has 0 bridgehead atoms. The number of rotatable bonds is 7. The van der Waals surface area contributed by atoms with Gasteiger partial charge in [0, 0.05) is 29.1 Å². The summed E-state index contributed by atoms with van der Waals surface area (Å²) in [5.41, 5.74) is 2.91. The van der Waals surface area contributed by atoms with Gasteiger partial charge in [0.1, 0.15) is 16.3 Å². The number of methoxy groups -OCH3 is 1. The number of tetrazole rings is 1. The topological polar surface area (TPSA) is 108 Å². The SMILES string of the molecule is CCOC(=O)c1c(-c2ccc(OC)cc2)csc1NC(=O)c1cccc(-c2nnnn2C)c1. The summed E-state index contributed by atoms with van der Waals surface area (Å²) in [6.07, 6.45) is 0. The summed E-state index contributed by atoms with van der Waals surface area (Å²) < 4.78 is 12.0. The van der Waals surface area contributed by atoms with Crippen LogP contribution in [0.3, 0.4) is 0 Å². The summed E-state index contributed by atoms with van der Waals surface area (Å²) in [7, 11) is 3.31. The van der Waals surface area contributed by atoms with Gasteiger partial charge >= 0.3 is 5.97 Å². The lowest BCUT2D eigenvalue weighted by atomic mass is 10.0. The van der Waals surface area contributed by atoms with E-state index in [0.717, 1.165) is 5.56 Å². The van der Waals surface area contributed by atoms with Crippen molar-refractivity contribution in [3.8, 4) is 28.3 Å². The molecule has 0 aliphatic heterocycles. The van der Waals surface area contributed by atoms with Crippen LogP contribution in [-0.4, -0.2) is 45.8 Å². The van der Waals surface area contributed by atoms with E-state index in [-0.39, 0.29) is 12.5 Å². The minimum atomic E-state index is -0.501. The first kappa shape index (κ1) is 22.2. The molecule has 1 amide bonds. The molecule has 4 rings (SSSR count). The van der Waals surface area contributed by atoms with E-state index in [1.165, 1.54) is 16.0 Å². The number of benzene rings is 2. The summed E-state index contributed by atoms with van der Waals surface area (Å²) >= 11 is 1.26. The fourth-order valence-electron chi connectivity index (χ4n) is 3.29. The first-order chi connectivity index (χ1) is 16.0. The molecule has 33 heavy (non-hydrogen) atoms. The number of carbonyl (C=O) groups excluding carboxylic acids is 2. The van der Waals surface area contributed by atoms with Crippen LogP contribution in [0.4, 0.5) is 5.00 Å². The average Bonchev–Trinajstić information content (AvgIpc) is 3.45. The maximum absolute atomic E-state index is 13.1. The lowest BCUT2D eigenvalue weighted by Gasteiger charge is -2.10. The van der Waals surface area contributed by atoms with E-state index in [2.05, 4.69) is 20.8 Å². The van der Waals surface area contributed by atoms with Crippen LogP contribution in [0.5, 0.6) is 5.75 Å². The predicted octanol–water partition coefficient (Wildman–Crippen LogP) is 4.04. The zero-order chi connectivity index (χ0) is 23.4. The molecule has 9 nitrogen and oxygen atoms in total. The number of anilines is 1. The molecular formula is C23H21N5O4S. The Labute approximate surface area is 194 Å². The highest BCUT2D eigenvalue weighted by Crippen LogP contribution is 2.37. The van der Waals surface area contributed by atoms with E-state index in [1.54, 1.807) is 39.3 Å². The van der Waals surface area contributed by atoms with Crippen molar-refractivity contribution in [2.24, 2.45) is 7.05 Å². The number of aromatic nitrogens is 4. The molecular weight excluding hydrogens is 442 g/mol. The molecule has 0 unspecified atom stereocenters. The van der Waals surface area contributed by atoms with Gasteiger partial charge in [-0.3, -0.25) is 4.79 Å². The van der Waals surface area contributed by atoms with Crippen LogP contribution in [0.2, 0.25) is 0 Å². The Bertz CT molecular complexity index is 1300. The number of carbonyl (C=O) groups is 2. The maximum Gasteiger partial charge on any atom is 0.341 e. The van der Waals surface area contributed by atoms with Crippen LogP contribution in [-0.2, 0) is 11.8 Å². The van der Waals surface area contributed by atoms with Gasteiger partial charge in [-0.1, -0.05) is 24.3 Å². The molecule has 168 valence electrons. The van der Waals surface area contributed by atoms with Crippen LogP contribution in [0.1, 0.15) is 27.6 Å². The molecule has 0 saturated carbocycles. The van der Waals surface area contributed by atoms with Crippen LogP contribution in [0.15, 0.2) is 53.9 Å². The van der Waals surface area contributed by atoms with E-state index in [9.17, 15) is 9.59 Å². The van der Waals surface area contributed by atoms with E-state index in [0.29, 0.717) is 38.8 Å². The molecule has 0 radical (unpaired) electrons. The zero-order valence-corrected chi connectivity index (χ0v) is 19.0. The number of hydrogen-bond acceptors (Lipinski definition) is 8. The number of amides is 1. The predicted molar refractivity (Wildman–Crippen MR) is 124 cm³/mol. The summed E-state index contributed by atoms with van der Waals surface area (Å²) in [4.78, 5) is 25.8. The van der Waals surface area contributed by atoms with Gasteiger partial charge in [-0.25, -0.2) is 9.48 Å². The maximum atomic E-state index is 13.1. The number of aryl methyl sites for hydroxylation is 1. The number of nitrogens with one attached hydrogen (secondary N) is 1. The minimum Gasteiger partial charge on any atom is -0.497 e. The van der Waals surface area contributed by atoms with Crippen molar-refractivity contribution in [1.29, 1.82) is 0 Å². The number of hydrogen-bond donors (Lipinski definition) is 1. The highest BCUT2D eigenvalue weighted by molar-refractivity contribution is 7.15. The Morgan fingerprint density at radius 1 is 1.12 bits per heavy atom. The second kappa shape index (κ2) is 9.61. The van der Waals surface area contributed by atoms with Crippen LogP contribution >= 0.6 is 11.3 Å². The minimum absolute atomic E-state index is 0.220. The summed E-state index contributed by atoms with van der Waals surface area (Å²) in [5.74, 6) is 0.382. The molecule has 0 aliphatic rings. The van der Waals surface area contributed by atoms with Crippen LogP contribution in [0, 0.1) is 0 Å². The van der Waals surface area contributed by atoms with Gasteiger partial charge in [0.15, 0.2) is 5.82 Å². The Hall–Kier alpha value is -4.05. The monoisotopic (exact) mass is 463 g/mol. The van der Waals surface area contributed by atoms with Crippen molar-refractivity contribution in [2.75, 3.05) is 19.0 Å². The van der Waals surface area contributed by atoms with Gasteiger partial charge in [-0.05, 0) is 47.2 Å². The average molecular weight is 464 g/mol. The normalized spacial score (nSPS) is 10.6. The van der Waals surface area contributed by atoms with Crippen molar-refractivity contribution in [2.45, 2.75) is 6.92 Å². The molecule has 10 heteroatoms. The third-order valence-corrected chi connectivity index (χ3v) is 5.80. The smallest absolute Gasteiger partial charge is 0.341 e. The quantitative estimate of drug-likeness (QED) is 0.412. The molecule has 2 aromatic heterocycles. The summed E-state index contributed by atoms with van der Waals surface area (Å²) in [6.45, 7) is 1.96. The summed E-state index contributed by atoms with van der Waals surface area (Å²) in [6, 6.07) is 14.3. The van der Waals surface area contributed by atoms with E-state index < -0.39 is 5.97 Å². The van der Waals surface area contributed by atoms with E-state index in [1.807, 2.05) is 35.7 Å². The van der Waals surface area contributed by atoms with Crippen molar-refractivity contribution < 1.29 is 19.1 Å². The number of thiophene rings is 1. The largest absolute Gasteiger partial charge is 0.497 e. The molecule has 0 atom stereocenters. The third-order valence-electron chi connectivity index (χ3n) is 4.90. The fraction of sp³-hybridized carbons (Fsp3) is 0.174. The standard InChI is InChI=1S/C23H21N5O4S/c1-4-32-23(30)19-18(14-8-10-17(31-3)11-9-14)13-33-22(19)24-21(29)16-7-5-6-15(12-16)20-25-26-27-28(20)2/h5-13H,4H2,1-3H3,(H,24,29). The van der Waals surface area contributed by atoms with Crippen molar-refractivity contribution >= 4 is 28.2 Å². The molecule has 0 saturated heterocycles. The van der Waals surface area contributed by atoms with E-state index in [4.69, 9.17) is 9.47 Å². The second-order valence-corrected chi connectivity index (χ2v) is 7.84. The zero-order valence-electron chi connectivity index (χ0n) is 18.2. The molecule has 0 fully saturated rings.